The Morgan fingerprint density at radius 3 is 3.06 bits per heavy atom. The first-order valence-electron chi connectivity index (χ1n) is 5.01. The summed E-state index contributed by atoms with van der Waals surface area (Å²) < 4.78 is 5.83. The molecule has 0 unspecified atom stereocenters. The third-order valence-corrected chi connectivity index (χ3v) is 3.30. The number of hydrogen-bond donors (Lipinski definition) is 0. The average molecular weight is 232 g/mol. The summed E-state index contributed by atoms with van der Waals surface area (Å²) in [6.45, 7) is 0. The second kappa shape index (κ2) is 4.94. The van der Waals surface area contributed by atoms with Crippen molar-refractivity contribution in [3.8, 4) is 0 Å². The van der Waals surface area contributed by atoms with Crippen LogP contribution < -0.4 is 0 Å². The molecule has 0 aliphatic carbocycles. The minimum atomic E-state index is -0.212. The minimum absolute atomic E-state index is 0.212. The molecular formula is C13H12O2S. The first-order valence-corrected chi connectivity index (χ1v) is 5.89. The summed E-state index contributed by atoms with van der Waals surface area (Å²) in [5.74, 6) is -0.212. The average Bonchev–Trinajstić information content (AvgIpc) is 2.73. The van der Waals surface area contributed by atoms with Crippen LogP contribution in [0.2, 0.25) is 0 Å². The highest BCUT2D eigenvalue weighted by molar-refractivity contribution is 7.17. The van der Waals surface area contributed by atoms with Gasteiger partial charge >= 0.3 is 5.97 Å². The van der Waals surface area contributed by atoms with E-state index in [1.807, 2.05) is 24.3 Å². The third kappa shape index (κ3) is 2.31. The molecule has 0 spiro atoms. The zero-order valence-corrected chi connectivity index (χ0v) is 9.79. The molecule has 2 aromatic rings. The fourth-order valence-electron chi connectivity index (χ4n) is 1.49. The highest BCUT2D eigenvalue weighted by Crippen LogP contribution is 2.26. The second-order valence-corrected chi connectivity index (χ2v) is 4.28. The van der Waals surface area contributed by atoms with E-state index in [-0.39, 0.29) is 5.97 Å². The molecule has 16 heavy (non-hydrogen) atoms. The van der Waals surface area contributed by atoms with Crippen molar-refractivity contribution in [2.45, 2.75) is 6.42 Å². The number of methoxy groups -OCH3 is 1. The van der Waals surface area contributed by atoms with Gasteiger partial charge in [-0.25, -0.2) is 0 Å². The van der Waals surface area contributed by atoms with E-state index in [9.17, 15) is 4.79 Å². The Morgan fingerprint density at radius 2 is 2.25 bits per heavy atom. The first kappa shape index (κ1) is 10.9. The smallest absolute Gasteiger partial charge is 0.309 e. The molecule has 0 atom stereocenters. The van der Waals surface area contributed by atoms with Gasteiger partial charge < -0.3 is 4.74 Å². The Kier molecular flexibility index (Phi) is 3.37. The minimum Gasteiger partial charge on any atom is -0.469 e. The van der Waals surface area contributed by atoms with Gasteiger partial charge in [0.05, 0.1) is 13.5 Å². The first-order chi connectivity index (χ1) is 7.81. The molecule has 0 bridgehead atoms. The van der Waals surface area contributed by atoms with Crippen LogP contribution in [0.4, 0.5) is 0 Å². The van der Waals surface area contributed by atoms with Gasteiger partial charge in [0.1, 0.15) is 0 Å². The number of rotatable bonds is 3. The number of ether oxygens (including phenoxy) is 1. The lowest BCUT2D eigenvalue weighted by atomic mass is 10.1. The van der Waals surface area contributed by atoms with E-state index in [0.29, 0.717) is 6.42 Å². The number of fused-ring (bicyclic) bond motifs is 1. The van der Waals surface area contributed by atoms with Gasteiger partial charge in [-0.05, 0) is 22.4 Å². The SMILES string of the molecule is COC(=O)CC=Cc1csc2ccccc12. The lowest BCUT2D eigenvalue weighted by Gasteiger charge is -1.93. The molecule has 82 valence electrons. The molecule has 0 radical (unpaired) electrons. The molecular weight excluding hydrogens is 220 g/mol. The molecule has 1 aromatic carbocycles. The monoisotopic (exact) mass is 232 g/mol. The number of thiophene rings is 1. The van der Waals surface area contributed by atoms with Gasteiger partial charge in [0.15, 0.2) is 0 Å². The number of esters is 1. The summed E-state index contributed by atoms with van der Waals surface area (Å²) in [6, 6.07) is 8.23. The molecule has 2 nitrogen and oxygen atoms in total. The number of carbonyl (C=O) groups is 1. The number of carbonyl (C=O) groups excluding carboxylic acids is 1. The summed E-state index contributed by atoms with van der Waals surface area (Å²) in [5.41, 5.74) is 1.16. The molecule has 1 aromatic heterocycles. The maximum atomic E-state index is 10.9. The summed E-state index contributed by atoms with van der Waals surface area (Å²) in [5, 5.41) is 3.33. The molecule has 3 heteroatoms. The van der Waals surface area contributed by atoms with Crippen LogP contribution in [0.5, 0.6) is 0 Å². The van der Waals surface area contributed by atoms with E-state index in [4.69, 9.17) is 0 Å². The van der Waals surface area contributed by atoms with E-state index in [1.54, 1.807) is 11.3 Å². The van der Waals surface area contributed by atoms with Crippen molar-refractivity contribution in [3.05, 3.63) is 41.3 Å². The van der Waals surface area contributed by atoms with Gasteiger partial charge in [-0.3, -0.25) is 4.79 Å². The van der Waals surface area contributed by atoms with Crippen LogP contribution in [-0.4, -0.2) is 13.1 Å². The molecule has 0 amide bonds. The van der Waals surface area contributed by atoms with Crippen LogP contribution in [0.15, 0.2) is 35.7 Å². The maximum absolute atomic E-state index is 10.9. The standard InChI is InChI=1S/C13H12O2S/c1-15-13(14)8-4-5-10-9-16-12-7-3-2-6-11(10)12/h2-7,9H,8H2,1H3. The van der Waals surface area contributed by atoms with Crippen molar-refractivity contribution >= 4 is 33.5 Å². The predicted molar refractivity (Wildman–Crippen MR) is 67.5 cm³/mol. The lowest BCUT2D eigenvalue weighted by molar-refractivity contribution is -0.139. The second-order valence-electron chi connectivity index (χ2n) is 3.37. The van der Waals surface area contributed by atoms with Crippen molar-refractivity contribution in [2.75, 3.05) is 7.11 Å². The van der Waals surface area contributed by atoms with Crippen molar-refractivity contribution in [2.24, 2.45) is 0 Å². The largest absolute Gasteiger partial charge is 0.469 e. The van der Waals surface area contributed by atoms with Crippen LogP contribution in [0.1, 0.15) is 12.0 Å². The van der Waals surface area contributed by atoms with Crippen LogP contribution in [0.3, 0.4) is 0 Å². The molecule has 0 fully saturated rings. The highest BCUT2D eigenvalue weighted by Gasteiger charge is 2.00. The molecule has 2 rings (SSSR count). The molecule has 0 N–H and O–H groups in total. The maximum Gasteiger partial charge on any atom is 0.309 e. The molecule has 0 saturated heterocycles. The Bertz CT molecular complexity index is 525. The van der Waals surface area contributed by atoms with Crippen LogP contribution >= 0.6 is 11.3 Å². The van der Waals surface area contributed by atoms with Crippen LogP contribution in [0.25, 0.3) is 16.2 Å². The van der Waals surface area contributed by atoms with Gasteiger partial charge in [-0.15, -0.1) is 11.3 Å². The summed E-state index contributed by atoms with van der Waals surface area (Å²) >= 11 is 1.71. The van der Waals surface area contributed by atoms with Gasteiger partial charge in [0, 0.05) is 4.70 Å². The fourth-order valence-corrected chi connectivity index (χ4v) is 2.42. The number of benzene rings is 1. The van der Waals surface area contributed by atoms with Crippen molar-refractivity contribution in [3.63, 3.8) is 0 Å². The zero-order chi connectivity index (χ0) is 11.4. The highest BCUT2D eigenvalue weighted by atomic mass is 32.1. The van der Waals surface area contributed by atoms with E-state index >= 15 is 0 Å². The van der Waals surface area contributed by atoms with E-state index < -0.39 is 0 Å². The fraction of sp³-hybridized carbons (Fsp3) is 0.154. The van der Waals surface area contributed by atoms with Crippen molar-refractivity contribution in [1.29, 1.82) is 0 Å². The Morgan fingerprint density at radius 1 is 1.44 bits per heavy atom. The van der Waals surface area contributed by atoms with Crippen LogP contribution in [0, 0.1) is 0 Å². The van der Waals surface area contributed by atoms with E-state index in [0.717, 1.165) is 5.56 Å². The Hall–Kier alpha value is -1.61. The van der Waals surface area contributed by atoms with Crippen molar-refractivity contribution < 1.29 is 9.53 Å². The van der Waals surface area contributed by atoms with E-state index in [1.165, 1.54) is 17.2 Å². The van der Waals surface area contributed by atoms with E-state index in [2.05, 4.69) is 22.2 Å². The summed E-state index contributed by atoms with van der Waals surface area (Å²) in [6.07, 6.45) is 4.12. The van der Waals surface area contributed by atoms with Crippen molar-refractivity contribution in [1.82, 2.24) is 0 Å². The summed E-state index contributed by atoms with van der Waals surface area (Å²) in [4.78, 5) is 10.9. The molecule has 0 saturated carbocycles. The van der Waals surface area contributed by atoms with Gasteiger partial charge in [-0.2, -0.15) is 0 Å². The van der Waals surface area contributed by atoms with Crippen LogP contribution in [-0.2, 0) is 9.53 Å². The third-order valence-electron chi connectivity index (χ3n) is 2.32. The molecule has 1 heterocycles. The quantitative estimate of drug-likeness (QED) is 0.757. The number of hydrogen-bond acceptors (Lipinski definition) is 3. The summed E-state index contributed by atoms with van der Waals surface area (Å²) in [7, 11) is 1.40. The van der Waals surface area contributed by atoms with Gasteiger partial charge in [0.2, 0.25) is 0 Å². The Balaban J connectivity index is 2.18. The normalized spacial score (nSPS) is 11.1. The van der Waals surface area contributed by atoms with Gasteiger partial charge in [-0.1, -0.05) is 30.4 Å². The molecule has 0 aliphatic heterocycles. The Labute approximate surface area is 98.2 Å². The van der Waals surface area contributed by atoms with Gasteiger partial charge in [0.25, 0.3) is 0 Å². The molecule has 0 aliphatic rings. The zero-order valence-electron chi connectivity index (χ0n) is 8.97. The lowest BCUT2D eigenvalue weighted by Crippen LogP contribution is -1.96. The topological polar surface area (TPSA) is 26.3 Å². The predicted octanol–water partition coefficient (Wildman–Crippen LogP) is 3.48.